The molecule has 2 aromatic carbocycles. The van der Waals surface area contributed by atoms with Crippen molar-refractivity contribution in [2.24, 2.45) is 0 Å². The molecule has 1 atom stereocenters. The van der Waals surface area contributed by atoms with Crippen LogP contribution in [0, 0.1) is 5.82 Å². The zero-order valence-electron chi connectivity index (χ0n) is 15.9. The van der Waals surface area contributed by atoms with E-state index in [2.05, 4.69) is 15.0 Å². The highest BCUT2D eigenvalue weighted by atomic mass is 19.1. The van der Waals surface area contributed by atoms with Crippen molar-refractivity contribution in [2.75, 3.05) is 6.54 Å². The molecule has 1 saturated heterocycles. The molecule has 1 aliphatic heterocycles. The molecular weight excluding hydrogens is 389 g/mol. The third-order valence-corrected chi connectivity index (χ3v) is 5.53. The number of aromatic nitrogens is 4. The van der Waals surface area contributed by atoms with Crippen molar-refractivity contribution >= 4 is 27.8 Å². The van der Waals surface area contributed by atoms with Crippen LogP contribution in [0.5, 0.6) is 0 Å². The summed E-state index contributed by atoms with van der Waals surface area (Å²) in [6, 6.07) is 10.6. The van der Waals surface area contributed by atoms with Crippen LogP contribution in [0.1, 0.15) is 24.7 Å². The lowest BCUT2D eigenvalue weighted by Crippen LogP contribution is -2.42. The van der Waals surface area contributed by atoms with Crippen LogP contribution in [0.25, 0.3) is 21.9 Å². The van der Waals surface area contributed by atoms with E-state index < -0.39 is 11.2 Å². The number of H-pyrrole nitrogens is 2. The Labute approximate surface area is 169 Å². The molecule has 0 saturated carbocycles. The lowest BCUT2D eigenvalue weighted by molar-refractivity contribution is -0.133. The number of hydrogen-bond donors (Lipinski definition) is 2. The van der Waals surface area contributed by atoms with E-state index in [0.717, 1.165) is 11.0 Å². The van der Waals surface area contributed by atoms with Gasteiger partial charge in [-0.3, -0.25) is 14.2 Å². The molecule has 0 spiro atoms. The van der Waals surface area contributed by atoms with Crippen molar-refractivity contribution in [2.45, 2.75) is 25.4 Å². The molecule has 152 valence electrons. The Morgan fingerprint density at radius 3 is 2.83 bits per heavy atom. The van der Waals surface area contributed by atoms with E-state index in [1.807, 2.05) is 0 Å². The minimum Gasteiger partial charge on any atom is -0.340 e. The normalized spacial score (nSPS) is 16.6. The quantitative estimate of drug-likeness (QED) is 0.543. The molecule has 5 rings (SSSR count). The van der Waals surface area contributed by atoms with Crippen molar-refractivity contribution in [3.8, 4) is 0 Å². The number of imidazole rings is 1. The average molecular weight is 407 g/mol. The van der Waals surface area contributed by atoms with Crippen LogP contribution in [0.3, 0.4) is 0 Å². The van der Waals surface area contributed by atoms with Gasteiger partial charge in [-0.15, -0.1) is 0 Å². The number of hydrogen-bond acceptors (Lipinski definition) is 4. The Morgan fingerprint density at radius 1 is 1.13 bits per heavy atom. The number of likely N-dealkylation sites (tertiary alicyclic amines) is 1. The number of fused-ring (bicyclic) bond motifs is 2. The summed E-state index contributed by atoms with van der Waals surface area (Å²) in [4.78, 5) is 50.0. The third kappa shape index (κ3) is 2.99. The molecule has 30 heavy (non-hydrogen) atoms. The Hall–Kier alpha value is -3.75. The second kappa shape index (κ2) is 6.94. The predicted molar refractivity (Wildman–Crippen MR) is 109 cm³/mol. The van der Waals surface area contributed by atoms with E-state index in [0.29, 0.717) is 40.7 Å². The number of aromatic amines is 2. The van der Waals surface area contributed by atoms with E-state index in [1.165, 1.54) is 12.1 Å². The molecule has 0 aliphatic carbocycles. The maximum absolute atomic E-state index is 13.5. The first-order chi connectivity index (χ1) is 14.5. The molecule has 3 heterocycles. The molecule has 1 aliphatic rings. The van der Waals surface area contributed by atoms with Crippen LogP contribution in [0.2, 0.25) is 0 Å². The highest BCUT2D eigenvalue weighted by molar-refractivity contribution is 5.80. The van der Waals surface area contributed by atoms with E-state index in [9.17, 15) is 18.8 Å². The van der Waals surface area contributed by atoms with Gasteiger partial charge in [0.15, 0.2) is 0 Å². The highest BCUT2D eigenvalue weighted by Gasteiger charge is 2.32. The minimum atomic E-state index is -0.623. The number of benzene rings is 2. The molecule has 4 aromatic rings. The number of nitrogens with zero attached hydrogens (tertiary/aromatic N) is 3. The summed E-state index contributed by atoms with van der Waals surface area (Å²) in [6.45, 7) is 0.138. The van der Waals surface area contributed by atoms with Gasteiger partial charge in [-0.2, -0.15) is 0 Å². The predicted octanol–water partition coefficient (Wildman–Crippen LogP) is 2.07. The Kier molecular flexibility index (Phi) is 4.23. The molecular formula is C21H18FN5O3. The molecule has 1 amide bonds. The summed E-state index contributed by atoms with van der Waals surface area (Å²) in [7, 11) is 0. The smallest absolute Gasteiger partial charge is 0.329 e. The number of amides is 1. The Morgan fingerprint density at radius 2 is 1.97 bits per heavy atom. The second-order valence-corrected chi connectivity index (χ2v) is 7.40. The fourth-order valence-corrected chi connectivity index (χ4v) is 4.08. The SMILES string of the molecule is O=C(Cn1c(=O)[nH]c2ccccc2c1=O)N1CCCC1c1nc2ccc(F)cc2[nH]1. The van der Waals surface area contributed by atoms with Crippen LogP contribution >= 0.6 is 0 Å². The molecule has 1 unspecified atom stereocenters. The van der Waals surface area contributed by atoms with Gasteiger partial charge in [0.2, 0.25) is 5.91 Å². The lowest BCUT2D eigenvalue weighted by atomic mass is 10.2. The van der Waals surface area contributed by atoms with E-state index in [1.54, 1.807) is 35.2 Å². The monoisotopic (exact) mass is 407 g/mol. The Bertz CT molecular complexity index is 1400. The van der Waals surface area contributed by atoms with Crippen molar-refractivity contribution < 1.29 is 9.18 Å². The number of carbonyl (C=O) groups is 1. The molecule has 0 radical (unpaired) electrons. The van der Waals surface area contributed by atoms with Crippen molar-refractivity contribution in [1.82, 2.24) is 24.4 Å². The van der Waals surface area contributed by atoms with Crippen LogP contribution < -0.4 is 11.2 Å². The summed E-state index contributed by atoms with van der Waals surface area (Å²) in [6.07, 6.45) is 1.46. The Balaban J connectivity index is 1.46. The zero-order chi connectivity index (χ0) is 20.8. The largest absolute Gasteiger partial charge is 0.340 e. The van der Waals surface area contributed by atoms with Crippen LogP contribution in [-0.4, -0.2) is 36.9 Å². The van der Waals surface area contributed by atoms with Crippen molar-refractivity contribution in [3.63, 3.8) is 0 Å². The van der Waals surface area contributed by atoms with E-state index in [-0.39, 0.29) is 24.3 Å². The zero-order valence-corrected chi connectivity index (χ0v) is 15.9. The van der Waals surface area contributed by atoms with E-state index in [4.69, 9.17) is 0 Å². The number of halogens is 1. The number of rotatable bonds is 3. The highest BCUT2D eigenvalue weighted by Crippen LogP contribution is 2.31. The van der Waals surface area contributed by atoms with Gasteiger partial charge < -0.3 is 14.9 Å². The van der Waals surface area contributed by atoms with Gasteiger partial charge in [0.1, 0.15) is 18.2 Å². The van der Waals surface area contributed by atoms with Gasteiger partial charge in [-0.05, 0) is 43.2 Å². The fourth-order valence-electron chi connectivity index (χ4n) is 4.08. The maximum atomic E-state index is 13.5. The summed E-state index contributed by atoms with van der Waals surface area (Å²) >= 11 is 0. The average Bonchev–Trinajstić information content (AvgIpc) is 3.37. The molecule has 9 heteroatoms. The molecule has 2 aromatic heterocycles. The number of nitrogens with one attached hydrogen (secondary N) is 2. The summed E-state index contributed by atoms with van der Waals surface area (Å²) in [5.74, 6) is -0.139. The van der Waals surface area contributed by atoms with Crippen molar-refractivity contribution in [3.05, 3.63) is 74.9 Å². The summed E-state index contributed by atoms with van der Waals surface area (Å²) < 4.78 is 14.4. The number of carbonyl (C=O) groups excluding carboxylic acids is 1. The minimum absolute atomic E-state index is 0.316. The van der Waals surface area contributed by atoms with Gasteiger partial charge in [-0.1, -0.05) is 12.1 Å². The third-order valence-electron chi connectivity index (χ3n) is 5.53. The standard InChI is InChI=1S/C21H18FN5O3/c22-12-7-8-15-16(10-12)24-19(23-15)17-6-3-9-26(17)18(28)11-27-20(29)13-4-1-2-5-14(13)25-21(27)30/h1-2,4-5,7-8,10,17H,3,6,9,11H2,(H,23,24)(H,25,30). The molecule has 2 N–H and O–H groups in total. The van der Waals surface area contributed by atoms with Crippen LogP contribution in [-0.2, 0) is 11.3 Å². The molecule has 0 bridgehead atoms. The number of para-hydroxylation sites is 1. The molecule has 1 fully saturated rings. The summed E-state index contributed by atoms with van der Waals surface area (Å²) in [5.41, 5.74) is 0.490. The first-order valence-corrected chi connectivity index (χ1v) is 9.68. The summed E-state index contributed by atoms with van der Waals surface area (Å²) in [5, 5.41) is 0.349. The van der Waals surface area contributed by atoms with Gasteiger partial charge >= 0.3 is 5.69 Å². The maximum Gasteiger partial charge on any atom is 0.329 e. The second-order valence-electron chi connectivity index (χ2n) is 7.40. The first-order valence-electron chi connectivity index (χ1n) is 9.68. The topological polar surface area (TPSA) is 104 Å². The van der Waals surface area contributed by atoms with Gasteiger partial charge in [0.25, 0.3) is 5.56 Å². The van der Waals surface area contributed by atoms with Crippen LogP contribution in [0.15, 0.2) is 52.1 Å². The van der Waals surface area contributed by atoms with Crippen molar-refractivity contribution in [1.29, 1.82) is 0 Å². The van der Waals surface area contributed by atoms with Gasteiger partial charge in [0.05, 0.1) is 28.0 Å². The van der Waals surface area contributed by atoms with Crippen LogP contribution in [0.4, 0.5) is 4.39 Å². The van der Waals surface area contributed by atoms with Gasteiger partial charge in [0, 0.05) is 6.54 Å². The fraction of sp³-hybridized carbons (Fsp3) is 0.238. The lowest BCUT2D eigenvalue weighted by Gasteiger charge is -2.23. The van der Waals surface area contributed by atoms with Gasteiger partial charge in [-0.25, -0.2) is 14.2 Å². The van der Waals surface area contributed by atoms with E-state index >= 15 is 0 Å². The molecule has 8 nitrogen and oxygen atoms in total. The first kappa shape index (κ1) is 18.3.